The van der Waals surface area contributed by atoms with E-state index < -0.39 is 0 Å². The van der Waals surface area contributed by atoms with Crippen LogP contribution < -0.4 is 15.8 Å². The van der Waals surface area contributed by atoms with Crippen LogP contribution in [0.5, 0.6) is 5.75 Å². The summed E-state index contributed by atoms with van der Waals surface area (Å²) in [6, 6.07) is 7.51. The molecule has 7 nitrogen and oxygen atoms in total. The molecule has 0 fully saturated rings. The van der Waals surface area contributed by atoms with Crippen LogP contribution >= 0.6 is 0 Å². The number of hydrogen-bond acceptors (Lipinski definition) is 6. The van der Waals surface area contributed by atoms with Crippen molar-refractivity contribution in [3.8, 4) is 11.6 Å². The number of nitrogens with two attached hydrogens (primary N) is 1. The van der Waals surface area contributed by atoms with Gasteiger partial charge in [0.1, 0.15) is 24.1 Å². The molecule has 1 aromatic carbocycles. The Hall–Kier alpha value is -3.09. The van der Waals surface area contributed by atoms with Crippen LogP contribution in [0.1, 0.15) is 0 Å². The second-order valence-electron chi connectivity index (χ2n) is 4.29. The number of rotatable bonds is 4. The van der Waals surface area contributed by atoms with Crippen LogP contribution in [-0.2, 0) is 0 Å². The lowest BCUT2D eigenvalue weighted by molar-refractivity contribution is 0.415. The van der Waals surface area contributed by atoms with Crippen molar-refractivity contribution >= 4 is 17.2 Å². The van der Waals surface area contributed by atoms with Crippen LogP contribution in [0.4, 0.5) is 17.2 Å². The van der Waals surface area contributed by atoms with Gasteiger partial charge in [-0.05, 0) is 12.1 Å². The number of imidazole rings is 1. The summed E-state index contributed by atoms with van der Waals surface area (Å²) >= 11 is 0. The molecule has 0 unspecified atom stereocenters. The lowest BCUT2D eigenvalue weighted by Crippen LogP contribution is -2.06. The molecular formula is C14H14N6O. The summed E-state index contributed by atoms with van der Waals surface area (Å²) in [6.07, 6.45) is 6.52. The summed E-state index contributed by atoms with van der Waals surface area (Å²) in [5.41, 5.74) is 7.40. The third-order valence-corrected chi connectivity index (χ3v) is 2.94. The minimum absolute atomic E-state index is 0.443. The molecule has 0 bridgehead atoms. The lowest BCUT2D eigenvalue weighted by atomic mass is 10.3. The molecule has 0 aliphatic rings. The second kappa shape index (κ2) is 5.49. The third-order valence-electron chi connectivity index (χ3n) is 2.94. The fraction of sp³-hybridized carbons (Fsp3) is 0.0714. The standard InChI is InChI=1S/C14H14N6O/c1-21-11-4-2-3-10(7-11)19-13-12(15)14(18-8-17-13)20-6-5-16-9-20/h2-9H,15H2,1H3,(H,17,18,19). The third kappa shape index (κ3) is 2.62. The number of methoxy groups -OCH3 is 1. The Kier molecular flexibility index (Phi) is 3.38. The van der Waals surface area contributed by atoms with Crippen molar-refractivity contribution in [3.05, 3.63) is 49.3 Å². The molecule has 0 atom stereocenters. The van der Waals surface area contributed by atoms with Crippen molar-refractivity contribution in [1.29, 1.82) is 0 Å². The van der Waals surface area contributed by atoms with Crippen LogP contribution in [0.3, 0.4) is 0 Å². The predicted molar refractivity (Wildman–Crippen MR) is 79.8 cm³/mol. The molecular weight excluding hydrogens is 268 g/mol. The molecule has 7 heteroatoms. The van der Waals surface area contributed by atoms with E-state index in [-0.39, 0.29) is 0 Å². The first-order valence-corrected chi connectivity index (χ1v) is 6.28. The zero-order chi connectivity index (χ0) is 14.7. The van der Waals surface area contributed by atoms with Crippen LogP contribution in [-0.4, -0.2) is 26.6 Å². The van der Waals surface area contributed by atoms with Crippen molar-refractivity contribution in [1.82, 2.24) is 19.5 Å². The van der Waals surface area contributed by atoms with Crippen molar-refractivity contribution in [3.63, 3.8) is 0 Å². The Bertz CT molecular complexity index is 741. The van der Waals surface area contributed by atoms with E-state index in [1.54, 1.807) is 30.4 Å². The number of benzene rings is 1. The highest BCUT2D eigenvalue weighted by molar-refractivity contribution is 5.74. The molecule has 106 valence electrons. The maximum absolute atomic E-state index is 6.13. The van der Waals surface area contributed by atoms with Crippen LogP contribution in [0, 0.1) is 0 Å². The van der Waals surface area contributed by atoms with Gasteiger partial charge < -0.3 is 15.8 Å². The van der Waals surface area contributed by atoms with Crippen molar-refractivity contribution in [2.45, 2.75) is 0 Å². The molecule has 2 heterocycles. The molecule has 0 spiro atoms. The molecule has 3 N–H and O–H groups in total. The normalized spacial score (nSPS) is 10.3. The number of nitrogens with zero attached hydrogens (tertiary/aromatic N) is 4. The molecule has 0 amide bonds. The average Bonchev–Trinajstić information content (AvgIpc) is 3.04. The van der Waals surface area contributed by atoms with Gasteiger partial charge in [0.05, 0.1) is 7.11 Å². The van der Waals surface area contributed by atoms with Crippen LogP contribution in [0.15, 0.2) is 49.3 Å². The summed E-state index contributed by atoms with van der Waals surface area (Å²) < 4.78 is 6.92. The monoisotopic (exact) mass is 282 g/mol. The van der Waals surface area contributed by atoms with Gasteiger partial charge in [-0.15, -0.1) is 0 Å². The van der Waals surface area contributed by atoms with E-state index in [9.17, 15) is 0 Å². The van der Waals surface area contributed by atoms with Gasteiger partial charge in [-0.2, -0.15) is 0 Å². The minimum Gasteiger partial charge on any atom is -0.497 e. The van der Waals surface area contributed by atoms with Crippen molar-refractivity contribution in [2.75, 3.05) is 18.2 Å². The number of nitrogen functional groups attached to an aromatic ring is 1. The summed E-state index contributed by atoms with van der Waals surface area (Å²) in [4.78, 5) is 12.3. The highest BCUT2D eigenvalue weighted by atomic mass is 16.5. The van der Waals surface area contributed by atoms with E-state index in [1.807, 2.05) is 24.3 Å². The van der Waals surface area contributed by atoms with E-state index in [4.69, 9.17) is 10.5 Å². The maximum Gasteiger partial charge on any atom is 0.166 e. The van der Waals surface area contributed by atoms with Gasteiger partial charge in [0.2, 0.25) is 0 Å². The number of aromatic nitrogens is 4. The Morgan fingerprint density at radius 1 is 1.29 bits per heavy atom. The van der Waals surface area contributed by atoms with Gasteiger partial charge in [0, 0.05) is 24.1 Å². The van der Waals surface area contributed by atoms with Crippen LogP contribution in [0.2, 0.25) is 0 Å². The Morgan fingerprint density at radius 2 is 2.19 bits per heavy atom. The molecule has 0 saturated heterocycles. The van der Waals surface area contributed by atoms with Crippen molar-refractivity contribution in [2.24, 2.45) is 0 Å². The van der Waals surface area contributed by atoms with Gasteiger partial charge in [-0.3, -0.25) is 4.57 Å². The predicted octanol–water partition coefficient (Wildman–Crippen LogP) is 2.00. The first-order chi connectivity index (χ1) is 10.3. The summed E-state index contributed by atoms with van der Waals surface area (Å²) in [5.74, 6) is 1.86. The molecule has 0 aliphatic carbocycles. The minimum atomic E-state index is 0.443. The maximum atomic E-state index is 6.13. The summed E-state index contributed by atoms with van der Waals surface area (Å²) in [5, 5.41) is 3.16. The van der Waals surface area contributed by atoms with Crippen molar-refractivity contribution < 1.29 is 4.74 Å². The summed E-state index contributed by atoms with van der Waals surface area (Å²) in [6.45, 7) is 0. The number of hydrogen-bond donors (Lipinski definition) is 2. The highest BCUT2D eigenvalue weighted by Gasteiger charge is 2.10. The topological polar surface area (TPSA) is 90.9 Å². The molecule has 2 aromatic heterocycles. The number of nitrogens with one attached hydrogen (secondary N) is 1. The van der Waals surface area contributed by atoms with Gasteiger partial charge in [0.25, 0.3) is 0 Å². The number of ether oxygens (including phenoxy) is 1. The largest absolute Gasteiger partial charge is 0.497 e. The van der Waals surface area contributed by atoms with Gasteiger partial charge in [-0.25, -0.2) is 15.0 Å². The average molecular weight is 282 g/mol. The number of anilines is 3. The second-order valence-corrected chi connectivity index (χ2v) is 4.29. The van der Waals surface area contributed by atoms with E-state index in [0.29, 0.717) is 17.3 Å². The van der Waals surface area contributed by atoms with Gasteiger partial charge >= 0.3 is 0 Å². The zero-order valence-electron chi connectivity index (χ0n) is 11.4. The molecule has 0 radical (unpaired) electrons. The Morgan fingerprint density at radius 3 is 2.95 bits per heavy atom. The molecule has 3 aromatic rings. The molecule has 0 saturated carbocycles. The first-order valence-electron chi connectivity index (χ1n) is 6.28. The fourth-order valence-electron chi connectivity index (χ4n) is 1.91. The van der Waals surface area contributed by atoms with E-state index in [0.717, 1.165) is 11.4 Å². The molecule has 21 heavy (non-hydrogen) atoms. The van der Waals surface area contributed by atoms with E-state index in [1.165, 1.54) is 6.33 Å². The SMILES string of the molecule is COc1cccc(Nc2ncnc(-n3ccnc3)c2N)c1. The Balaban J connectivity index is 1.94. The molecule has 0 aliphatic heterocycles. The zero-order valence-corrected chi connectivity index (χ0v) is 11.4. The van der Waals surface area contributed by atoms with Gasteiger partial charge in [0.15, 0.2) is 11.6 Å². The smallest absolute Gasteiger partial charge is 0.166 e. The molecule has 3 rings (SSSR count). The lowest BCUT2D eigenvalue weighted by Gasteiger charge is -2.12. The summed E-state index contributed by atoms with van der Waals surface area (Å²) in [7, 11) is 1.62. The van der Waals surface area contributed by atoms with Gasteiger partial charge in [-0.1, -0.05) is 6.07 Å². The van der Waals surface area contributed by atoms with E-state index in [2.05, 4.69) is 20.3 Å². The van der Waals surface area contributed by atoms with Crippen LogP contribution in [0.25, 0.3) is 5.82 Å². The fourth-order valence-corrected chi connectivity index (χ4v) is 1.91. The highest BCUT2D eigenvalue weighted by Crippen LogP contribution is 2.26. The first kappa shape index (κ1) is 12.9. The quantitative estimate of drug-likeness (QED) is 0.760. The van der Waals surface area contributed by atoms with E-state index >= 15 is 0 Å². The Labute approximate surface area is 121 Å².